The lowest BCUT2D eigenvalue weighted by Crippen LogP contribution is -2.33. The van der Waals surface area contributed by atoms with Gasteiger partial charge in [0, 0.05) is 48.0 Å². The fraction of sp³-hybridized carbons (Fsp3) is 0.269. The standard InChI is InChI=1S/C26H25N5O3S/c32-23(16-22-25(34)30-26(35-22)31-12-2-1-3-13-31)28-19-8-4-6-18(15-19)24(33)29-20-9-10-21-17(14-20)7-5-11-27-21/h4-11,14-15,22H,1-3,12-13,16H2,(H,28,32)(H,29,33). The minimum atomic E-state index is -0.513. The van der Waals surface area contributed by atoms with E-state index in [1.807, 2.05) is 24.3 Å². The van der Waals surface area contributed by atoms with Crippen LogP contribution in [-0.2, 0) is 9.59 Å². The highest BCUT2D eigenvalue weighted by Crippen LogP contribution is 2.29. The van der Waals surface area contributed by atoms with Gasteiger partial charge in [-0.15, -0.1) is 0 Å². The minimum Gasteiger partial charge on any atom is -0.351 e. The van der Waals surface area contributed by atoms with Gasteiger partial charge in [0.2, 0.25) is 5.91 Å². The first-order chi connectivity index (χ1) is 17.0. The van der Waals surface area contributed by atoms with E-state index in [0.717, 1.165) is 42.0 Å². The number of aliphatic imine (C=N–C) groups is 1. The van der Waals surface area contributed by atoms with Crippen LogP contribution in [0.2, 0.25) is 0 Å². The van der Waals surface area contributed by atoms with Gasteiger partial charge in [0.05, 0.1) is 5.52 Å². The van der Waals surface area contributed by atoms with Gasteiger partial charge in [-0.3, -0.25) is 19.4 Å². The van der Waals surface area contributed by atoms with Gasteiger partial charge < -0.3 is 15.5 Å². The molecule has 8 nitrogen and oxygen atoms in total. The number of nitrogens with one attached hydrogen (secondary N) is 2. The Hall–Kier alpha value is -3.72. The van der Waals surface area contributed by atoms with Gasteiger partial charge >= 0.3 is 0 Å². The number of amidine groups is 1. The summed E-state index contributed by atoms with van der Waals surface area (Å²) < 4.78 is 0. The molecule has 35 heavy (non-hydrogen) atoms. The van der Waals surface area contributed by atoms with Crippen LogP contribution in [0.5, 0.6) is 0 Å². The van der Waals surface area contributed by atoms with E-state index < -0.39 is 5.25 Å². The summed E-state index contributed by atoms with van der Waals surface area (Å²) in [7, 11) is 0. The molecule has 3 heterocycles. The van der Waals surface area contributed by atoms with Gasteiger partial charge in [-0.05, 0) is 61.7 Å². The SMILES string of the molecule is O=C(CC1SC(N2CCCCC2)=NC1=O)Nc1cccc(C(=O)Nc2ccc3ncccc3c2)c1. The van der Waals surface area contributed by atoms with E-state index in [2.05, 4.69) is 25.5 Å². The molecule has 178 valence electrons. The van der Waals surface area contributed by atoms with Crippen molar-refractivity contribution in [3.8, 4) is 0 Å². The number of pyridine rings is 1. The summed E-state index contributed by atoms with van der Waals surface area (Å²) in [6, 6.07) is 16.0. The van der Waals surface area contributed by atoms with Crippen LogP contribution in [0.15, 0.2) is 65.8 Å². The Balaban J connectivity index is 1.18. The van der Waals surface area contributed by atoms with Crippen LogP contribution >= 0.6 is 11.8 Å². The molecule has 0 radical (unpaired) electrons. The first kappa shape index (κ1) is 23.0. The zero-order valence-corrected chi connectivity index (χ0v) is 19.9. The fourth-order valence-electron chi connectivity index (χ4n) is 4.20. The molecule has 2 aliphatic rings. The second-order valence-electron chi connectivity index (χ2n) is 8.58. The molecule has 0 spiro atoms. The third kappa shape index (κ3) is 5.51. The number of rotatable bonds is 5. The summed E-state index contributed by atoms with van der Waals surface area (Å²) in [5, 5.41) is 6.84. The van der Waals surface area contributed by atoms with Crippen molar-refractivity contribution in [2.24, 2.45) is 4.99 Å². The first-order valence-electron chi connectivity index (χ1n) is 11.7. The Morgan fingerprint density at radius 1 is 0.971 bits per heavy atom. The van der Waals surface area contributed by atoms with Crippen molar-refractivity contribution in [2.45, 2.75) is 30.9 Å². The van der Waals surface area contributed by atoms with Crippen LogP contribution in [0.4, 0.5) is 11.4 Å². The number of aromatic nitrogens is 1. The number of carbonyl (C=O) groups is 3. The van der Waals surface area contributed by atoms with Crippen LogP contribution < -0.4 is 10.6 Å². The first-order valence-corrected chi connectivity index (χ1v) is 12.5. The van der Waals surface area contributed by atoms with E-state index in [1.165, 1.54) is 18.2 Å². The van der Waals surface area contributed by atoms with Crippen molar-refractivity contribution >= 4 is 56.9 Å². The lowest BCUT2D eigenvalue weighted by Gasteiger charge is -2.27. The molecule has 1 atom stereocenters. The molecule has 2 aromatic carbocycles. The molecule has 0 bridgehead atoms. The molecule has 9 heteroatoms. The predicted octanol–water partition coefficient (Wildman–Crippen LogP) is 4.30. The van der Waals surface area contributed by atoms with Gasteiger partial charge in [0.15, 0.2) is 5.17 Å². The maximum Gasteiger partial charge on any atom is 0.262 e. The number of thioether (sulfide) groups is 1. The van der Waals surface area contributed by atoms with Crippen molar-refractivity contribution in [2.75, 3.05) is 23.7 Å². The number of benzene rings is 2. The molecular formula is C26H25N5O3S. The number of fused-ring (bicyclic) bond motifs is 1. The van der Waals surface area contributed by atoms with E-state index in [4.69, 9.17) is 0 Å². The predicted molar refractivity (Wildman–Crippen MR) is 139 cm³/mol. The zero-order valence-electron chi connectivity index (χ0n) is 19.1. The highest BCUT2D eigenvalue weighted by Gasteiger charge is 2.33. The molecule has 1 aromatic heterocycles. The quantitative estimate of drug-likeness (QED) is 0.556. The number of carbonyl (C=O) groups excluding carboxylic acids is 3. The van der Waals surface area contributed by atoms with E-state index in [1.54, 1.807) is 36.5 Å². The topological polar surface area (TPSA) is 104 Å². The molecule has 0 aliphatic carbocycles. The monoisotopic (exact) mass is 487 g/mol. The highest BCUT2D eigenvalue weighted by atomic mass is 32.2. The van der Waals surface area contributed by atoms with Crippen LogP contribution in [0.25, 0.3) is 10.9 Å². The normalized spacial score (nSPS) is 17.8. The summed E-state index contributed by atoms with van der Waals surface area (Å²) in [5.74, 6) is -0.833. The van der Waals surface area contributed by atoms with Crippen molar-refractivity contribution in [1.82, 2.24) is 9.88 Å². The average molecular weight is 488 g/mol. The van der Waals surface area contributed by atoms with Crippen LogP contribution in [0.1, 0.15) is 36.0 Å². The molecule has 1 saturated heterocycles. The van der Waals surface area contributed by atoms with Gasteiger partial charge in [0.25, 0.3) is 11.8 Å². The van der Waals surface area contributed by atoms with E-state index in [9.17, 15) is 14.4 Å². The average Bonchev–Trinajstić information content (AvgIpc) is 3.24. The van der Waals surface area contributed by atoms with E-state index in [0.29, 0.717) is 16.9 Å². The Morgan fingerprint density at radius 2 is 1.80 bits per heavy atom. The summed E-state index contributed by atoms with van der Waals surface area (Å²) in [6.07, 6.45) is 5.15. The maximum absolute atomic E-state index is 12.8. The third-order valence-electron chi connectivity index (χ3n) is 6.00. The second kappa shape index (κ2) is 10.3. The van der Waals surface area contributed by atoms with Gasteiger partial charge in [0.1, 0.15) is 5.25 Å². The summed E-state index contributed by atoms with van der Waals surface area (Å²) in [5.41, 5.74) is 2.42. The number of hydrogen-bond donors (Lipinski definition) is 2. The number of amides is 3. The largest absolute Gasteiger partial charge is 0.351 e. The van der Waals surface area contributed by atoms with Crippen LogP contribution in [0.3, 0.4) is 0 Å². The second-order valence-corrected chi connectivity index (χ2v) is 9.75. The molecule has 1 fully saturated rings. The van der Waals surface area contributed by atoms with Crippen LogP contribution in [0, 0.1) is 0 Å². The summed E-state index contributed by atoms with van der Waals surface area (Å²) in [4.78, 5) is 48.4. The Bertz CT molecular complexity index is 1320. The van der Waals surface area contributed by atoms with Crippen molar-refractivity contribution in [3.63, 3.8) is 0 Å². The molecule has 0 saturated carbocycles. The van der Waals surface area contributed by atoms with Gasteiger partial charge in [-0.25, -0.2) is 0 Å². The van der Waals surface area contributed by atoms with E-state index >= 15 is 0 Å². The van der Waals surface area contributed by atoms with E-state index in [-0.39, 0.29) is 24.1 Å². The number of piperidine rings is 1. The lowest BCUT2D eigenvalue weighted by molar-refractivity contribution is -0.121. The highest BCUT2D eigenvalue weighted by molar-refractivity contribution is 8.15. The number of likely N-dealkylation sites (tertiary alicyclic amines) is 1. The van der Waals surface area contributed by atoms with Gasteiger partial charge in [-0.2, -0.15) is 4.99 Å². The molecule has 2 N–H and O–H groups in total. The number of anilines is 2. The maximum atomic E-state index is 12.8. The molecule has 3 amide bonds. The van der Waals surface area contributed by atoms with Crippen LogP contribution in [-0.4, -0.2) is 51.1 Å². The Kier molecular flexibility index (Phi) is 6.76. The number of hydrogen-bond acceptors (Lipinski definition) is 6. The van der Waals surface area contributed by atoms with Gasteiger partial charge in [-0.1, -0.05) is 23.9 Å². The lowest BCUT2D eigenvalue weighted by atomic mass is 10.1. The fourth-order valence-corrected chi connectivity index (χ4v) is 5.32. The Labute approximate surface area is 207 Å². The van der Waals surface area contributed by atoms with Crippen molar-refractivity contribution in [3.05, 3.63) is 66.4 Å². The smallest absolute Gasteiger partial charge is 0.262 e. The summed E-state index contributed by atoms with van der Waals surface area (Å²) in [6.45, 7) is 1.81. The third-order valence-corrected chi connectivity index (χ3v) is 7.21. The number of nitrogens with zero attached hydrogens (tertiary/aromatic N) is 3. The summed E-state index contributed by atoms with van der Waals surface area (Å²) >= 11 is 1.37. The molecule has 1 unspecified atom stereocenters. The van der Waals surface area contributed by atoms with Crippen molar-refractivity contribution in [1.29, 1.82) is 0 Å². The Morgan fingerprint density at radius 3 is 2.66 bits per heavy atom. The molecule has 5 rings (SSSR count). The molecule has 2 aliphatic heterocycles. The zero-order chi connectivity index (χ0) is 24.2. The van der Waals surface area contributed by atoms with Crippen molar-refractivity contribution < 1.29 is 14.4 Å². The molecule has 3 aromatic rings. The minimum absolute atomic E-state index is 0.0336. The molecular weight excluding hydrogens is 462 g/mol.